The molecular weight excluding hydrogens is 344 g/mol. The molecule has 0 bridgehead atoms. The third-order valence-electron chi connectivity index (χ3n) is 3.07. The maximum Gasteiger partial charge on any atom is 0.145 e. The van der Waals surface area contributed by atoms with E-state index in [0.717, 1.165) is 12.0 Å². The summed E-state index contributed by atoms with van der Waals surface area (Å²) in [5.41, 5.74) is 1.53. The zero-order valence-electron chi connectivity index (χ0n) is 15.4. The lowest BCUT2D eigenvalue weighted by Crippen LogP contribution is -2.34. The molecule has 0 spiro atoms. The number of hydrogen-bond acceptors (Lipinski definition) is 7. The van der Waals surface area contributed by atoms with Crippen LogP contribution in [0.2, 0.25) is 0 Å². The average Bonchev–Trinajstić information content (AvgIpc) is 2.71. The van der Waals surface area contributed by atoms with Crippen molar-refractivity contribution in [1.82, 2.24) is 15.3 Å². The zero-order valence-corrected chi connectivity index (χ0v) is 16.3. The summed E-state index contributed by atoms with van der Waals surface area (Å²) in [5, 5.41) is 19.6. The Morgan fingerprint density at radius 3 is 2.77 bits per heavy atom. The first-order valence-corrected chi connectivity index (χ1v) is 9.46. The van der Waals surface area contributed by atoms with E-state index in [4.69, 9.17) is 6.42 Å². The van der Waals surface area contributed by atoms with Gasteiger partial charge in [-0.3, -0.25) is 9.98 Å². The van der Waals surface area contributed by atoms with Crippen LogP contribution in [0, 0.1) is 23.7 Å². The summed E-state index contributed by atoms with van der Waals surface area (Å²) in [6.07, 6.45) is 11.4. The molecule has 0 aromatic carbocycles. The fourth-order valence-electron chi connectivity index (χ4n) is 1.98. The number of pyridine rings is 1. The molecule has 1 aliphatic rings. The predicted molar refractivity (Wildman–Crippen MR) is 109 cm³/mol. The van der Waals surface area contributed by atoms with Crippen molar-refractivity contribution < 1.29 is 0 Å². The number of terminal acetylenes is 1. The van der Waals surface area contributed by atoms with E-state index in [-0.39, 0.29) is 0 Å². The van der Waals surface area contributed by atoms with Crippen molar-refractivity contribution in [1.29, 1.82) is 5.26 Å². The van der Waals surface area contributed by atoms with Crippen molar-refractivity contribution in [3.05, 3.63) is 41.5 Å². The van der Waals surface area contributed by atoms with Crippen LogP contribution in [0.5, 0.6) is 0 Å². The molecule has 0 aliphatic carbocycles. The minimum Gasteiger partial charge on any atom is -0.365 e. The molecule has 0 radical (unpaired) electrons. The molecule has 6 nitrogen and oxygen atoms in total. The van der Waals surface area contributed by atoms with E-state index in [0.29, 0.717) is 35.4 Å². The number of thioether (sulfide) groups is 1. The molecular formula is C19H24N6S. The first-order valence-electron chi connectivity index (χ1n) is 8.48. The normalized spacial score (nSPS) is 13.4. The standard InChI is InChI=1S/C17H18N6S.C2H6/c1-3-7-22-23-13-21-17(24-10-4-2)15(11-18)16(23)20-12-14-5-8-19-9-6-14;1-2/h2,5-9,20H,3,10,12-13H2,1H3;1-2H3/b22-7-;. The van der Waals surface area contributed by atoms with Crippen LogP contribution in [0.4, 0.5) is 0 Å². The van der Waals surface area contributed by atoms with Crippen LogP contribution in [-0.2, 0) is 6.54 Å². The lowest BCUT2D eigenvalue weighted by atomic mass is 10.2. The van der Waals surface area contributed by atoms with E-state index in [1.165, 1.54) is 11.8 Å². The summed E-state index contributed by atoms with van der Waals surface area (Å²) in [6, 6.07) is 6.07. The van der Waals surface area contributed by atoms with E-state index >= 15 is 0 Å². The highest BCUT2D eigenvalue weighted by Crippen LogP contribution is 2.22. The quantitative estimate of drug-likeness (QED) is 0.615. The van der Waals surface area contributed by atoms with Crippen molar-refractivity contribution in [3.8, 4) is 18.4 Å². The third kappa shape index (κ3) is 6.27. The number of nitrogens with one attached hydrogen (secondary N) is 1. The fourth-order valence-corrected chi connectivity index (χ4v) is 2.64. The van der Waals surface area contributed by atoms with Gasteiger partial charge in [0.2, 0.25) is 0 Å². The minimum absolute atomic E-state index is 0.354. The summed E-state index contributed by atoms with van der Waals surface area (Å²) < 4.78 is 0. The number of nitrogens with zero attached hydrogens (tertiary/aromatic N) is 5. The molecule has 7 heteroatoms. The second-order valence-corrected chi connectivity index (χ2v) is 5.71. The Kier molecular flexibility index (Phi) is 10.3. The van der Waals surface area contributed by atoms with E-state index < -0.39 is 0 Å². The smallest absolute Gasteiger partial charge is 0.145 e. The molecule has 0 saturated heterocycles. The van der Waals surface area contributed by atoms with E-state index in [1.807, 2.05) is 32.9 Å². The number of rotatable bonds is 6. The van der Waals surface area contributed by atoms with Gasteiger partial charge < -0.3 is 5.32 Å². The van der Waals surface area contributed by atoms with E-state index in [9.17, 15) is 5.26 Å². The van der Waals surface area contributed by atoms with Gasteiger partial charge in [0.25, 0.3) is 0 Å². The van der Waals surface area contributed by atoms with E-state index in [2.05, 4.69) is 32.4 Å². The van der Waals surface area contributed by atoms with Crippen molar-refractivity contribution in [2.24, 2.45) is 10.1 Å². The SMILES string of the molecule is C#CCSC1=NCN(/N=C\CC)C(NCc2ccncc2)=C1C#N.CC. The molecule has 0 saturated carbocycles. The Labute approximate surface area is 160 Å². The maximum absolute atomic E-state index is 9.59. The minimum atomic E-state index is 0.354. The second-order valence-electron chi connectivity index (χ2n) is 4.75. The van der Waals surface area contributed by atoms with Crippen LogP contribution in [0.25, 0.3) is 0 Å². The lowest BCUT2D eigenvalue weighted by molar-refractivity contribution is 0.341. The van der Waals surface area contributed by atoms with Crippen LogP contribution in [0.1, 0.15) is 32.8 Å². The zero-order chi connectivity index (χ0) is 19.2. The molecule has 0 fully saturated rings. The molecule has 1 aromatic heterocycles. The molecule has 136 valence electrons. The first kappa shape index (κ1) is 21.3. The first-order chi connectivity index (χ1) is 12.8. The van der Waals surface area contributed by atoms with Crippen molar-refractivity contribution in [2.75, 3.05) is 12.4 Å². The Morgan fingerprint density at radius 1 is 1.42 bits per heavy atom. The molecule has 0 amide bonds. The fraction of sp³-hybridized carbons (Fsp3) is 0.368. The van der Waals surface area contributed by atoms with Gasteiger partial charge in [0.15, 0.2) is 0 Å². The van der Waals surface area contributed by atoms with Crippen LogP contribution in [0.3, 0.4) is 0 Å². The molecule has 0 unspecified atom stereocenters. The number of hydrazone groups is 1. The summed E-state index contributed by atoms with van der Waals surface area (Å²) in [4.78, 5) is 8.43. The van der Waals surface area contributed by atoms with Crippen LogP contribution < -0.4 is 5.32 Å². The van der Waals surface area contributed by atoms with Gasteiger partial charge >= 0.3 is 0 Å². The molecule has 1 aliphatic heterocycles. The van der Waals surface area contributed by atoms with Crippen LogP contribution in [0.15, 0.2) is 46.0 Å². The van der Waals surface area contributed by atoms with Gasteiger partial charge in [-0.2, -0.15) is 10.4 Å². The molecule has 2 rings (SSSR count). The van der Waals surface area contributed by atoms with Gasteiger partial charge in [-0.25, -0.2) is 5.01 Å². The van der Waals surface area contributed by atoms with E-state index in [1.54, 1.807) is 23.6 Å². The summed E-state index contributed by atoms with van der Waals surface area (Å²) in [6.45, 7) is 6.92. The second kappa shape index (κ2) is 12.6. The van der Waals surface area contributed by atoms with Crippen molar-refractivity contribution >= 4 is 23.0 Å². The number of aliphatic imine (C=N–C) groups is 1. The Bertz CT molecular complexity index is 725. The van der Waals surface area contributed by atoms with Crippen LogP contribution in [-0.4, -0.2) is 33.7 Å². The Morgan fingerprint density at radius 2 is 2.15 bits per heavy atom. The highest BCUT2D eigenvalue weighted by molar-refractivity contribution is 8.14. The van der Waals surface area contributed by atoms with Crippen molar-refractivity contribution in [3.63, 3.8) is 0 Å². The number of nitriles is 1. The number of hydrogen-bond donors (Lipinski definition) is 1. The van der Waals surface area contributed by atoms with Gasteiger partial charge in [0.1, 0.15) is 29.2 Å². The average molecular weight is 369 g/mol. The molecule has 26 heavy (non-hydrogen) atoms. The van der Waals surface area contributed by atoms with Gasteiger partial charge in [-0.15, -0.1) is 6.42 Å². The molecule has 1 aromatic rings. The lowest BCUT2D eigenvalue weighted by Gasteiger charge is -2.27. The predicted octanol–water partition coefficient (Wildman–Crippen LogP) is 3.37. The summed E-state index contributed by atoms with van der Waals surface area (Å²) in [7, 11) is 0. The highest BCUT2D eigenvalue weighted by Gasteiger charge is 2.23. The molecule has 2 heterocycles. The van der Waals surface area contributed by atoms with Crippen molar-refractivity contribution in [2.45, 2.75) is 33.7 Å². The third-order valence-corrected chi connectivity index (χ3v) is 3.99. The highest BCUT2D eigenvalue weighted by atomic mass is 32.2. The van der Waals surface area contributed by atoms with Crippen LogP contribution >= 0.6 is 11.8 Å². The number of aromatic nitrogens is 1. The molecule has 1 N–H and O–H groups in total. The largest absolute Gasteiger partial charge is 0.365 e. The van der Waals surface area contributed by atoms with Gasteiger partial charge in [-0.1, -0.05) is 38.5 Å². The maximum atomic E-state index is 9.59. The summed E-state index contributed by atoms with van der Waals surface area (Å²) in [5.74, 6) is 3.68. The van der Waals surface area contributed by atoms with Gasteiger partial charge in [0, 0.05) is 25.2 Å². The molecule has 0 atom stereocenters. The van der Waals surface area contributed by atoms with Gasteiger partial charge in [0.05, 0.1) is 5.75 Å². The summed E-state index contributed by atoms with van der Waals surface area (Å²) >= 11 is 1.39. The van der Waals surface area contributed by atoms with Gasteiger partial charge in [-0.05, 0) is 24.1 Å². The Balaban J connectivity index is 0.00000163. The Hall–Kier alpha value is -2.77. The monoisotopic (exact) mass is 368 g/mol. The topological polar surface area (TPSA) is 76.7 Å².